The molecule has 1 unspecified atom stereocenters. The van der Waals surface area contributed by atoms with Crippen LogP contribution in [0.15, 0.2) is 101 Å². The molecule has 0 aliphatic carbocycles. The molecule has 6 rings (SSSR count). The topological polar surface area (TPSA) is 59.7 Å². The Kier molecular flexibility index (Phi) is 7.32. The summed E-state index contributed by atoms with van der Waals surface area (Å²) in [5, 5.41) is 5.76. The number of thioether (sulfide) groups is 1. The Morgan fingerprint density at radius 2 is 1.82 bits per heavy atom. The first-order valence-corrected chi connectivity index (χ1v) is 14.1. The number of aromatic nitrogens is 2. The lowest BCUT2D eigenvalue weighted by Gasteiger charge is -2.31. The fourth-order valence-electron chi connectivity index (χ4n) is 4.94. The third-order valence-electron chi connectivity index (χ3n) is 6.94. The van der Waals surface area contributed by atoms with Gasteiger partial charge in [0, 0.05) is 30.4 Å². The second-order valence-corrected chi connectivity index (χ2v) is 11.0. The molecule has 0 bridgehead atoms. The minimum Gasteiger partial charge on any atom is -0.489 e. The molecule has 196 valence electrons. The maximum absolute atomic E-state index is 13.0. The molecule has 0 radical (unpaired) electrons. The number of hydrogen-bond acceptors (Lipinski definition) is 5. The lowest BCUT2D eigenvalue weighted by atomic mass is 10.0. The van der Waals surface area contributed by atoms with Crippen LogP contribution in [0.2, 0.25) is 0 Å². The van der Waals surface area contributed by atoms with Gasteiger partial charge in [-0.05, 0) is 66.4 Å². The van der Waals surface area contributed by atoms with Gasteiger partial charge in [-0.25, -0.2) is 4.68 Å². The Balaban J connectivity index is 1.31. The Morgan fingerprint density at radius 3 is 2.62 bits per heavy atom. The highest BCUT2D eigenvalue weighted by Gasteiger charge is 2.29. The number of benzene rings is 3. The van der Waals surface area contributed by atoms with Gasteiger partial charge in [0.15, 0.2) is 5.17 Å². The van der Waals surface area contributed by atoms with Crippen LogP contribution < -0.4 is 4.74 Å². The van der Waals surface area contributed by atoms with Crippen molar-refractivity contribution in [2.45, 2.75) is 26.4 Å². The molecule has 0 saturated carbocycles. The molecule has 0 spiro atoms. The van der Waals surface area contributed by atoms with E-state index in [4.69, 9.17) is 9.84 Å². The molecule has 1 atom stereocenters. The van der Waals surface area contributed by atoms with Crippen LogP contribution >= 0.6 is 11.8 Å². The molecule has 7 heteroatoms. The first kappa shape index (κ1) is 25.2. The van der Waals surface area contributed by atoms with Crippen LogP contribution in [0.4, 0.5) is 0 Å². The van der Waals surface area contributed by atoms with Gasteiger partial charge in [0.25, 0.3) is 5.91 Å². The molecule has 6 nitrogen and oxygen atoms in total. The third kappa shape index (κ3) is 5.83. The van der Waals surface area contributed by atoms with Crippen LogP contribution in [0, 0.1) is 5.92 Å². The van der Waals surface area contributed by atoms with Crippen LogP contribution in [0.25, 0.3) is 23.0 Å². The van der Waals surface area contributed by atoms with E-state index in [1.54, 1.807) is 0 Å². The molecule has 2 aliphatic heterocycles. The minimum absolute atomic E-state index is 0.188. The number of hydrogen-bond donors (Lipinski definition) is 0. The smallest absolute Gasteiger partial charge is 0.286 e. The predicted octanol–water partition coefficient (Wildman–Crippen LogP) is 6.82. The molecule has 39 heavy (non-hydrogen) atoms. The van der Waals surface area contributed by atoms with Crippen LogP contribution in [-0.4, -0.2) is 38.8 Å². The van der Waals surface area contributed by atoms with E-state index < -0.39 is 0 Å². The number of aliphatic imine (C=N–C) groups is 1. The molecule has 0 N–H and O–H groups in total. The molecule has 1 amide bonds. The van der Waals surface area contributed by atoms with Crippen molar-refractivity contribution in [3.63, 3.8) is 0 Å². The van der Waals surface area contributed by atoms with Gasteiger partial charge >= 0.3 is 0 Å². The van der Waals surface area contributed by atoms with Gasteiger partial charge in [-0.1, -0.05) is 67.6 Å². The summed E-state index contributed by atoms with van der Waals surface area (Å²) in [6.07, 6.45) is 6.26. The molecule has 4 aromatic rings. The van der Waals surface area contributed by atoms with Crippen molar-refractivity contribution in [2.24, 2.45) is 10.9 Å². The lowest BCUT2D eigenvalue weighted by Crippen LogP contribution is -2.37. The highest BCUT2D eigenvalue weighted by molar-refractivity contribution is 8.18. The predicted molar refractivity (Wildman–Crippen MR) is 158 cm³/mol. The van der Waals surface area contributed by atoms with Crippen molar-refractivity contribution in [3.05, 3.63) is 107 Å². The summed E-state index contributed by atoms with van der Waals surface area (Å²) in [6, 6.07) is 28.1. The van der Waals surface area contributed by atoms with Crippen LogP contribution in [0.5, 0.6) is 5.75 Å². The molecule has 1 saturated heterocycles. The van der Waals surface area contributed by atoms with Crippen LogP contribution in [-0.2, 0) is 11.4 Å². The molecule has 3 aromatic carbocycles. The molecular weight excluding hydrogens is 504 g/mol. The molecule has 2 aliphatic rings. The monoisotopic (exact) mass is 534 g/mol. The Hall–Kier alpha value is -4.10. The molecule has 1 fully saturated rings. The number of carbonyl (C=O) groups excluding carboxylic acids is 1. The normalized spacial score (nSPS) is 18.4. The molecule has 1 aromatic heterocycles. The number of likely N-dealkylation sites (tertiary alicyclic amines) is 1. The van der Waals surface area contributed by atoms with E-state index in [0.717, 1.165) is 58.5 Å². The van der Waals surface area contributed by atoms with E-state index in [0.29, 0.717) is 17.4 Å². The van der Waals surface area contributed by atoms with E-state index in [9.17, 15) is 4.79 Å². The fourth-order valence-corrected chi connectivity index (χ4v) is 5.88. The van der Waals surface area contributed by atoms with Crippen molar-refractivity contribution < 1.29 is 9.53 Å². The van der Waals surface area contributed by atoms with Gasteiger partial charge in [0.1, 0.15) is 18.1 Å². The highest BCUT2D eigenvalue weighted by atomic mass is 32.2. The summed E-state index contributed by atoms with van der Waals surface area (Å²) >= 11 is 1.47. The van der Waals surface area contributed by atoms with E-state index >= 15 is 0 Å². The average Bonchev–Trinajstić information content (AvgIpc) is 3.57. The summed E-state index contributed by atoms with van der Waals surface area (Å²) < 4.78 is 7.95. The Labute approximate surface area is 233 Å². The van der Waals surface area contributed by atoms with Gasteiger partial charge in [-0.15, -0.1) is 0 Å². The average molecular weight is 535 g/mol. The summed E-state index contributed by atoms with van der Waals surface area (Å²) in [7, 11) is 0. The summed E-state index contributed by atoms with van der Waals surface area (Å²) in [6.45, 7) is 4.63. The number of piperidine rings is 1. The fraction of sp³-hybridized carbons (Fsp3) is 0.219. The van der Waals surface area contributed by atoms with Crippen molar-refractivity contribution in [1.29, 1.82) is 0 Å². The zero-order valence-corrected chi connectivity index (χ0v) is 22.7. The van der Waals surface area contributed by atoms with E-state index in [-0.39, 0.29) is 5.91 Å². The van der Waals surface area contributed by atoms with Crippen molar-refractivity contribution in [3.8, 4) is 22.7 Å². The quantitative estimate of drug-likeness (QED) is 0.254. The van der Waals surface area contributed by atoms with Gasteiger partial charge in [0.2, 0.25) is 0 Å². The van der Waals surface area contributed by atoms with Crippen LogP contribution in [0.1, 0.15) is 30.9 Å². The van der Waals surface area contributed by atoms with Crippen LogP contribution in [0.3, 0.4) is 0 Å². The number of amides is 1. The standard InChI is InChI=1S/C32H30N4O2S/c1-23-10-9-17-35(20-23)32-33-31(37)29(39-32)19-26-21-36(27-14-6-3-7-15-27)34-30(26)25-13-8-16-28(18-25)38-22-24-11-4-2-5-12-24/h2-8,11-16,18-19,21,23H,9-10,17,20,22H2,1H3/b29-19-. The van der Waals surface area contributed by atoms with Gasteiger partial charge < -0.3 is 9.64 Å². The SMILES string of the molecule is CC1CCCN(C2=NC(=O)/C(=C/c3cn(-c4ccccc4)nc3-c3cccc(OCc4ccccc4)c3)S2)C1. The highest BCUT2D eigenvalue weighted by Crippen LogP contribution is 2.35. The number of carbonyl (C=O) groups is 1. The summed E-state index contributed by atoms with van der Waals surface area (Å²) in [4.78, 5) is 20.2. The summed E-state index contributed by atoms with van der Waals surface area (Å²) in [5.41, 5.74) is 4.62. The Bertz CT molecular complexity index is 1530. The van der Waals surface area contributed by atoms with Crippen molar-refractivity contribution >= 4 is 28.9 Å². The largest absolute Gasteiger partial charge is 0.489 e. The van der Waals surface area contributed by atoms with Gasteiger partial charge in [0.05, 0.1) is 10.6 Å². The van der Waals surface area contributed by atoms with E-state index in [1.807, 2.05) is 102 Å². The first-order valence-electron chi connectivity index (χ1n) is 13.3. The third-order valence-corrected chi connectivity index (χ3v) is 7.99. The summed E-state index contributed by atoms with van der Waals surface area (Å²) in [5.74, 6) is 1.18. The second kappa shape index (κ2) is 11.3. The number of nitrogens with zero attached hydrogens (tertiary/aromatic N) is 4. The van der Waals surface area contributed by atoms with Gasteiger partial charge in [-0.2, -0.15) is 10.1 Å². The maximum atomic E-state index is 13.0. The van der Waals surface area contributed by atoms with Gasteiger partial charge in [-0.3, -0.25) is 4.79 Å². The van der Waals surface area contributed by atoms with Crippen molar-refractivity contribution in [1.82, 2.24) is 14.7 Å². The minimum atomic E-state index is -0.188. The zero-order valence-electron chi connectivity index (χ0n) is 21.9. The molecular formula is C32H30N4O2S. The number of amidine groups is 1. The number of ether oxygens (including phenoxy) is 1. The second-order valence-electron chi connectivity index (χ2n) is 10.0. The number of para-hydroxylation sites is 1. The van der Waals surface area contributed by atoms with E-state index in [1.165, 1.54) is 18.2 Å². The maximum Gasteiger partial charge on any atom is 0.286 e. The van der Waals surface area contributed by atoms with Crippen molar-refractivity contribution in [2.75, 3.05) is 13.1 Å². The zero-order chi connectivity index (χ0) is 26.6. The Morgan fingerprint density at radius 1 is 1.03 bits per heavy atom. The first-order chi connectivity index (χ1) is 19.1. The molecule has 3 heterocycles. The number of rotatable bonds is 6. The van der Waals surface area contributed by atoms with E-state index in [2.05, 4.69) is 16.8 Å². The lowest BCUT2D eigenvalue weighted by molar-refractivity contribution is -0.113.